The number of nitrogens with one attached hydrogen (secondary N) is 1. The third-order valence-electron chi connectivity index (χ3n) is 5.79. The number of thioether (sulfide) groups is 1. The Morgan fingerprint density at radius 1 is 1.07 bits per heavy atom. The van der Waals surface area contributed by atoms with Gasteiger partial charge in [-0.2, -0.15) is 0 Å². The first-order chi connectivity index (χ1) is 14.6. The molecule has 2 saturated heterocycles. The predicted octanol–water partition coefficient (Wildman–Crippen LogP) is 4.59. The highest BCUT2D eigenvalue weighted by Gasteiger charge is 2.25. The normalized spacial score (nSPS) is 19.1. The number of nitrogens with zero attached hydrogens (tertiary/aromatic N) is 3. The summed E-state index contributed by atoms with van der Waals surface area (Å²) in [4.78, 5) is 30.6. The molecule has 1 aromatic heterocycles. The molecule has 0 unspecified atom stereocenters. The van der Waals surface area contributed by atoms with Gasteiger partial charge in [0.25, 0.3) is 11.1 Å². The summed E-state index contributed by atoms with van der Waals surface area (Å²) in [7, 11) is 0. The molecule has 6 nitrogen and oxygen atoms in total. The lowest BCUT2D eigenvalue weighted by Crippen LogP contribution is -2.32. The van der Waals surface area contributed by atoms with Gasteiger partial charge in [0.2, 0.25) is 0 Å². The maximum atomic E-state index is 11.8. The first-order valence-electron chi connectivity index (χ1n) is 10.1. The van der Waals surface area contributed by atoms with Gasteiger partial charge in [-0.05, 0) is 78.6 Å². The van der Waals surface area contributed by atoms with Crippen LogP contribution in [0.25, 0.3) is 22.8 Å². The molecule has 0 aliphatic carbocycles. The number of anilines is 1. The molecule has 2 aliphatic rings. The Balaban J connectivity index is 1.44. The van der Waals surface area contributed by atoms with E-state index in [1.165, 1.54) is 18.5 Å². The van der Waals surface area contributed by atoms with Crippen LogP contribution in [0.15, 0.2) is 53.7 Å². The summed E-state index contributed by atoms with van der Waals surface area (Å²) in [5.41, 5.74) is 4.99. The van der Waals surface area contributed by atoms with Crippen molar-refractivity contribution in [3.8, 4) is 5.69 Å². The molecule has 0 bridgehead atoms. The molecule has 2 aliphatic heterocycles. The van der Waals surface area contributed by atoms with Crippen LogP contribution < -0.4 is 10.2 Å². The Kier molecular flexibility index (Phi) is 4.83. The molecule has 0 atom stereocenters. The Bertz CT molecular complexity index is 1160. The third-order valence-corrected chi connectivity index (χ3v) is 6.60. The number of carbonyl (C=O) groups excluding carboxylic acids is 2. The maximum absolute atomic E-state index is 11.8. The summed E-state index contributed by atoms with van der Waals surface area (Å²) in [5, 5.41) is 1.95. The molecule has 0 saturated carbocycles. The molecule has 3 heterocycles. The van der Waals surface area contributed by atoms with Crippen molar-refractivity contribution < 1.29 is 9.59 Å². The first-order valence-corrected chi connectivity index (χ1v) is 11.0. The first kappa shape index (κ1) is 18.9. The molecule has 1 N–H and O–H groups in total. The van der Waals surface area contributed by atoms with Gasteiger partial charge in [-0.25, -0.2) is 4.98 Å². The third kappa shape index (κ3) is 3.61. The van der Waals surface area contributed by atoms with E-state index in [0.29, 0.717) is 4.91 Å². The highest BCUT2D eigenvalue weighted by molar-refractivity contribution is 8.18. The van der Waals surface area contributed by atoms with Gasteiger partial charge in [-0.1, -0.05) is 13.0 Å². The van der Waals surface area contributed by atoms with E-state index in [1.807, 2.05) is 29.1 Å². The molecule has 7 heteroatoms. The van der Waals surface area contributed by atoms with E-state index < -0.39 is 0 Å². The second kappa shape index (κ2) is 7.65. The van der Waals surface area contributed by atoms with E-state index >= 15 is 0 Å². The van der Waals surface area contributed by atoms with Gasteiger partial charge in [0, 0.05) is 24.5 Å². The number of fused-ring (bicyclic) bond motifs is 1. The Morgan fingerprint density at radius 2 is 1.80 bits per heavy atom. The Hall–Kier alpha value is -3.06. The lowest BCUT2D eigenvalue weighted by atomic mass is 9.99. The van der Waals surface area contributed by atoms with Crippen LogP contribution in [0.1, 0.15) is 25.3 Å². The molecular weight excluding hydrogens is 396 g/mol. The number of imidazole rings is 1. The molecule has 3 aromatic rings. The number of amides is 2. The number of hydrogen-bond acceptors (Lipinski definition) is 5. The fraction of sp³-hybridized carbons (Fsp3) is 0.261. The highest BCUT2D eigenvalue weighted by atomic mass is 32.2. The van der Waals surface area contributed by atoms with E-state index in [2.05, 4.69) is 46.4 Å². The topological polar surface area (TPSA) is 67.2 Å². The quantitative estimate of drug-likeness (QED) is 0.631. The minimum Gasteiger partial charge on any atom is -0.372 e. The van der Waals surface area contributed by atoms with Crippen molar-refractivity contribution in [2.24, 2.45) is 5.92 Å². The highest BCUT2D eigenvalue weighted by Crippen LogP contribution is 2.28. The van der Waals surface area contributed by atoms with E-state index in [-0.39, 0.29) is 11.1 Å². The number of imide groups is 1. The largest absolute Gasteiger partial charge is 0.372 e. The zero-order chi connectivity index (χ0) is 20.7. The van der Waals surface area contributed by atoms with Crippen LogP contribution in [0.5, 0.6) is 0 Å². The van der Waals surface area contributed by atoms with Crippen LogP contribution in [0.2, 0.25) is 0 Å². The molecule has 152 valence electrons. The minimum absolute atomic E-state index is 0.333. The van der Waals surface area contributed by atoms with Crippen LogP contribution >= 0.6 is 11.8 Å². The zero-order valence-corrected chi connectivity index (χ0v) is 17.5. The maximum Gasteiger partial charge on any atom is 0.290 e. The summed E-state index contributed by atoms with van der Waals surface area (Å²) in [6, 6.07) is 14.4. The molecule has 30 heavy (non-hydrogen) atoms. The van der Waals surface area contributed by atoms with Crippen molar-refractivity contribution in [3.63, 3.8) is 0 Å². The van der Waals surface area contributed by atoms with Crippen LogP contribution in [-0.2, 0) is 4.79 Å². The van der Waals surface area contributed by atoms with Gasteiger partial charge in [0.15, 0.2) is 0 Å². The second-order valence-electron chi connectivity index (χ2n) is 7.90. The van der Waals surface area contributed by atoms with Gasteiger partial charge < -0.3 is 4.90 Å². The number of benzene rings is 2. The van der Waals surface area contributed by atoms with Crippen molar-refractivity contribution >= 4 is 45.7 Å². The lowest BCUT2D eigenvalue weighted by molar-refractivity contribution is -0.115. The van der Waals surface area contributed by atoms with E-state index in [4.69, 9.17) is 0 Å². The molecule has 0 spiro atoms. The van der Waals surface area contributed by atoms with E-state index in [1.54, 1.807) is 6.08 Å². The van der Waals surface area contributed by atoms with Crippen LogP contribution in [-0.4, -0.2) is 33.8 Å². The van der Waals surface area contributed by atoms with Crippen molar-refractivity contribution in [2.45, 2.75) is 19.8 Å². The lowest BCUT2D eigenvalue weighted by Gasteiger charge is -2.32. The van der Waals surface area contributed by atoms with Crippen molar-refractivity contribution in [1.29, 1.82) is 0 Å². The monoisotopic (exact) mass is 418 g/mol. The van der Waals surface area contributed by atoms with Gasteiger partial charge >= 0.3 is 0 Å². The predicted molar refractivity (Wildman–Crippen MR) is 121 cm³/mol. The molecule has 2 amide bonds. The minimum atomic E-state index is -0.346. The fourth-order valence-electron chi connectivity index (χ4n) is 3.98. The van der Waals surface area contributed by atoms with Gasteiger partial charge in [-0.3, -0.25) is 19.5 Å². The van der Waals surface area contributed by atoms with Crippen LogP contribution in [0.3, 0.4) is 0 Å². The summed E-state index contributed by atoms with van der Waals surface area (Å²) >= 11 is 0.926. The second-order valence-corrected chi connectivity index (χ2v) is 8.92. The average Bonchev–Trinajstić information content (AvgIpc) is 3.31. The Labute approximate surface area is 179 Å². The van der Waals surface area contributed by atoms with Gasteiger partial charge in [0.1, 0.15) is 6.33 Å². The fourth-order valence-corrected chi connectivity index (χ4v) is 4.67. The Morgan fingerprint density at radius 3 is 2.50 bits per heavy atom. The zero-order valence-electron chi connectivity index (χ0n) is 16.7. The summed E-state index contributed by atoms with van der Waals surface area (Å²) in [6.07, 6.45) is 6.05. The smallest absolute Gasteiger partial charge is 0.290 e. The SMILES string of the molecule is CC1CCN(c2ccc(-n3cnc4ccc(C=C5SC(=O)NC5=O)cc43)cc2)CC1. The molecule has 2 fully saturated rings. The summed E-state index contributed by atoms with van der Waals surface area (Å²) < 4.78 is 2.05. The molecule has 5 rings (SSSR count). The van der Waals surface area contributed by atoms with Crippen molar-refractivity contribution in [2.75, 3.05) is 18.0 Å². The number of aromatic nitrogens is 2. The van der Waals surface area contributed by atoms with Crippen molar-refractivity contribution in [1.82, 2.24) is 14.9 Å². The molecule has 0 radical (unpaired) electrons. The van der Waals surface area contributed by atoms with Crippen molar-refractivity contribution in [3.05, 3.63) is 59.3 Å². The van der Waals surface area contributed by atoms with Gasteiger partial charge in [-0.15, -0.1) is 0 Å². The number of piperidine rings is 1. The molecular formula is C23H22N4O2S. The number of hydrogen-bond donors (Lipinski definition) is 1. The number of rotatable bonds is 3. The standard InChI is InChI=1S/C23H22N4O2S/c1-15-8-10-26(11-9-15)17-3-5-18(6-4-17)27-14-24-19-7-2-16(12-20(19)27)13-21-22(28)25-23(29)30-21/h2-7,12-15H,8-11H2,1H3,(H,25,28,29). The van der Waals surface area contributed by atoms with E-state index in [9.17, 15) is 9.59 Å². The molecule has 2 aromatic carbocycles. The number of carbonyl (C=O) groups is 2. The van der Waals surface area contributed by atoms with Crippen LogP contribution in [0.4, 0.5) is 10.5 Å². The average molecular weight is 419 g/mol. The van der Waals surface area contributed by atoms with Gasteiger partial charge in [0.05, 0.1) is 15.9 Å². The van der Waals surface area contributed by atoms with E-state index in [0.717, 1.165) is 53.1 Å². The van der Waals surface area contributed by atoms with Crippen LogP contribution in [0, 0.1) is 5.92 Å². The summed E-state index contributed by atoms with van der Waals surface area (Å²) in [5.74, 6) is 0.468. The summed E-state index contributed by atoms with van der Waals surface area (Å²) in [6.45, 7) is 4.55.